The zero-order valence-corrected chi connectivity index (χ0v) is 19.5. The van der Waals surface area contributed by atoms with E-state index in [1.165, 1.54) is 0 Å². The van der Waals surface area contributed by atoms with Crippen molar-refractivity contribution in [2.75, 3.05) is 0 Å². The summed E-state index contributed by atoms with van der Waals surface area (Å²) in [6.45, 7) is 3.69. The molecule has 0 N–H and O–H groups in total. The molecule has 4 nitrogen and oxygen atoms in total. The maximum atomic E-state index is 11.9. The fraction of sp³-hybridized carbons (Fsp3) is 0.769. The van der Waals surface area contributed by atoms with Gasteiger partial charge in [-0.05, 0) is 64.7 Å². The Morgan fingerprint density at radius 3 is 1.30 bits per heavy atom. The Morgan fingerprint density at radius 1 is 0.500 bits per heavy atom. The minimum absolute atomic E-state index is 0.189. The lowest BCUT2D eigenvalue weighted by Crippen LogP contribution is -2.00. The first-order valence-electron chi connectivity index (χ1n) is 12.1. The van der Waals surface area contributed by atoms with Crippen LogP contribution in [0, 0.1) is 0 Å². The standard InChI is InChI=1S/C26H44O4/c1-3-4-17-24(28)18-10-7-5-6-8-11-19-25(29)20-12-9-13-21-26(30)22-15-14-16-23(2)27/h5-6H,3-4,7-22H2,1-2H3. The van der Waals surface area contributed by atoms with E-state index >= 15 is 0 Å². The molecule has 0 fully saturated rings. The summed E-state index contributed by atoms with van der Waals surface area (Å²) in [6.07, 6.45) is 18.7. The van der Waals surface area contributed by atoms with Crippen LogP contribution < -0.4 is 0 Å². The van der Waals surface area contributed by atoms with Crippen LogP contribution in [-0.2, 0) is 19.2 Å². The molecule has 0 saturated heterocycles. The molecule has 0 aliphatic heterocycles. The summed E-state index contributed by atoms with van der Waals surface area (Å²) in [7, 11) is 0. The van der Waals surface area contributed by atoms with Crippen LogP contribution in [0.15, 0.2) is 12.2 Å². The lowest BCUT2D eigenvalue weighted by Gasteiger charge is -2.02. The van der Waals surface area contributed by atoms with Gasteiger partial charge in [0.1, 0.15) is 23.1 Å². The molecule has 0 radical (unpaired) electrons. The molecule has 0 atom stereocenters. The third-order valence-electron chi connectivity index (χ3n) is 5.27. The summed E-state index contributed by atoms with van der Waals surface area (Å²) >= 11 is 0. The second kappa shape index (κ2) is 20.7. The normalized spacial score (nSPS) is 11.1. The van der Waals surface area contributed by atoms with Crippen molar-refractivity contribution < 1.29 is 19.2 Å². The molecule has 0 aliphatic rings. The first-order chi connectivity index (χ1) is 14.5. The van der Waals surface area contributed by atoms with E-state index in [4.69, 9.17) is 0 Å². The Balaban J connectivity index is 3.46. The number of rotatable bonds is 22. The number of carbonyl (C=O) groups excluding carboxylic acids is 4. The van der Waals surface area contributed by atoms with E-state index < -0.39 is 0 Å². The molecular formula is C26H44O4. The average molecular weight is 421 g/mol. The van der Waals surface area contributed by atoms with E-state index in [0.29, 0.717) is 50.1 Å². The second-order valence-corrected chi connectivity index (χ2v) is 8.45. The molecule has 0 amide bonds. The second-order valence-electron chi connectivity index (χ2n) is 8.45. The van der Waals surface area contributed by atoms with Gasteiger partial charge in [-0.1, -0.05) is 31.9 Å². The van der Waals surface area contributed by atoms with Crippen LogP contribution in [0.25, 0.3) is 0 Å². The van der Waals surface area contributed by atoms with Gasteiger partial charge >= 0.3 is 0 Å². The van der Waals surface area contributed by atoms with Crippen molar-refractivity contribution in [3.63, 3.8) is 0 Å². The molecule has 4 heteroatoms. The molecule has 0 saturated carbocycles. The Bertz CT molecular complexity index is 519. The van der Waals surface area contributed by atoms with Crippen molar-refractivity contribution in [3.8, 4) is 0 Å². The van der Waals surface area contributed by atoms with Crippen LogP contribution in [0.3, 0.4) is 0 Å². The summed E-state index contributed by atoms with van der Waals surface area (Å²) < 4.78 is 0. The number of carbonyl (C=O) groups is 4. The lowest BCUT2D eigenvalue weighted by molar-refractivity contribution is -0.120. The van der Waals surface area contributed by atoms with Crippen molar-refractivity contribution >= 4 is 23.1 Å². The lowest BCUT2D eigenvalue weighted by atomic mass is 10.0. The van der Waals surface area contributed by atoms with Crippen molar-refractivity contribution in [1.82, 2.24) is 0 Å². The largest absolute Gasteiger partial charge is 0.300 e. The van der Waals surface area contributed by atoms with E-state index in [1.54, 1.807) is 6.92 Å². The fourth-order valence-corrected chi connectivity index (χ4v) is 3.34. The van der Waals surface area contributed by atoms with Gasteiger partial charge < -0.3 is 4.79 Å². The van der Waals surface area contributed by atoms with Crippen LogP contribution in [0.2, 0.25) is 0 Å². The monoisotopic (exact) mass is 420 g/mol. The molecule has 0 aromatic rings. The van der Waals surface area contributed by atoms with Crippen LogP contribution in [0.1, 0.15) is 129 Å². The van der Waals surface area contributed by atoms with Gasteiger partial charge in [0, 0.05) is 44.9 Å². The molecule has 0 aromatic carbocycles. The molecule has 0 bridgehead atoms. The van der Waals surface area contributed by atoms with E-state index in [0.717, 1.165) is 77.0 Å². The van der Waals surface area contributed by atoms with Crippen LogP contribution in [0.4, 0.5) is 0 Å². The number of hydrogen-bond donors (Lipinski definition) is 0. The topological polar surface area (TPSA) is 68.3 Å². The van der Waals surface area contributed by atoms with E-state index in [-0.39, 0.29) is 11.6 Å². The number of unbranched alkanes of at least 4 members (excludes halogenated alkanes) is 6. The maximum Gasteiger partial charge on any atom is 0.132 e. The smallest absolute Gasteiger partial charge is 0.132 e. The van der Waals surface area contributed by atoms with Gasteiger partial charge in [-0.25, -0.2) is 0 Å². The quantitative estimate of drug-likeness (QED) is 0.141. The van der Waals surface area contributed by atoms with Gasteiger partial charge in [-0.15, -0.1) is 0 Å². The van der Waals surface area contributed by atoms with Crippen LogP contribution in [0.5, 0.6) is 0 Å². The van der Waals surface area contributed by atoms with Gasteiger partial charge in [0.25, 0.3) is 0 Å². The zero-order valence-electron chi connectivity index (χ0n) is 19.5. The van der Waals surface area contributed by atoms with Crippen molar-refractivity contribution in [2.24, 2.45) is 0 Å². The minimum Gasteiger partial charge on any atom is -0.300 e. The highest BCUT2D eigenvalue weighted by atomic mass is 16.1. The molecular weight excluding hydrogens is 376 g/mol. The predicted molar refractivity (Wildman–Crippen MR) is 124 cm³/mol. The highest BCUT2D eigenvalue weighted by Gasteiger charge is 2.05. The van der Waals surface area contributed by atoms with Crippen molar-refractivity contribution in [3.05, 3.63) is 12.2 Å². The van der Waals surface area contributed by atoms with Gasteiger partial charge in [0.2, 0.25) is 0 Å². The number of Topliss-reactive ketones (excluding diaryl/α,β-unsaturated/α-hetero) is 4. The first kappa shape index (κ1) is 28.4. The molecule has 0 spiro atoms. The van der Waals surface area contributed by atoms with Crippen molar-refractivity contribution in [1.29, 1.82) is 0 Å². The highest BCUT2D eigenvalue weighted by molar-refractivity contribution is 5.79. The molecule has 30 heavy (non-hydrogen) atoms. The van der Waals surface area contributed by atoms with Gasteiger partial charge in [-0.3, -0.25) is 14.4 Å². The third kappa shape index (κ3) is 21.1. The fourth-order valence-electron chi connectivity index (χ4n) is 3.34. The predicted octanol–water partition coefficient (Wildman–Crippen LogP) is 6.88. The summed E-state index contributed by atoms with van der Waals surface area (Å²) in [5.74, 6) is 1.17. The van der Waals surface area contributed by atoms with Crippen LogP contribution >= 0.6 is 0 Å². The summed E-state index contributed by atoms with van der Waals surface area (Å²) in [6, 6.07) is 0. The highest BCUT2D eigenvalue weighted by Crippen LogP contribution is 2.10. The Labute approximate surface area is 184 Å². The molecule has 0 aliphatic carbocycles. The van der Waals surface area contributed by atoms with Crippen molar-refractivity contribution in [2.45, 2.75) is 129 Å². The van der Waals surface area contributed by atoms with E-state index in [9.17, 15) is 19.2 Å². The number of hydrogen-bond acceptors (Lipinski definition) is 4. The third-order valence-corrected chi connectivity index (χ3v) is 5.27. The SMILES string of the molecule is CCCCC(=O)CCCC=CCCCC(=O)CCCCCC(=O)CCCCC(C)=O. The van der Waals surface area contributed by atoms with Crippen LogP contribution in [-0.4, -0.2) is 23.1 Å². The zero-order chi connectivity index (χ0) is 22.5. The van der Waals surface area contributed by atoms with E-state index in [2.05, 4.69) is 19.1 Å². The molecule has 0 rings (SSSR count). The summed E-state index contributed by atoms with van der Waals surface area (Å²) in [5, 5.41) is 0. The van der Waals surface area contributed by atoms with E-state index in [1.807, 2.05) is 0 Å². The number of allylic oxidation sites excluding steroid dienone is 2. The molecule has 0 unspecified atom stereocenters. The maximum absolute atomic E-state index is 11.9. The molecule has 0 heterocycles. The Hall–Kier alpha value is -1.58. The number of ketones is 4. The first-order valence-corrected chi connectivity index (χ1v) is 12.1. The summed E-state index contributed by atoms with van der Waals surface area (Å²) in [5.41, 5.74) is 0. The average Bonchev–Trinajstić information content (AvgIpc) is 2.71. The molecule has 172 valence electrons. The molecule has 0 aromatic heterocycles. The van der Waals surface area contributed by atoms with Gasteiger partial charge in [0.05, 0.1) is 0 Å². The summed E-state index contributed by atoms with van der Waals surface area (Å²) in [4.78, 5) is 46.1. The minimum atomic E-state index is 0.189. The van der Waals surface area contributed by atoms with Gasteiger partial charge in [-0.2, -0.15) is 0 Å². The Kier molecular flexibility index (Phi) is 19.6. The van der Waals surface area contributed by atoms with Gasteiger partial charge in [0.15, 0.2) is 0 Å². The Morgan fingerprint density at radius 2 is 0.867 bits per heavy atom.